The van der Waals surface area contributed by atoms with E-state index < -0.39 is 0 Å². The van der Waals surface area contributed by atoms with Gasteiger partial charge in [0.25, 0.3) is 5.56 Å². The van der Waals surface area contributed by atoms with Crippen molar-refractivity contribution in [2.24, 2.45) is 0 Å². The standard InChI is InChI=1S/C19H16ClN5O2S.C2H6/c1-4-25-17-12(9-21-19(23-17)28-3)7-14(18(25)26)13-6-5-11(8-15(13)20)16-22-10(2)27-24-16;1-2/h5-9H,4H2,1-3H3;1-2H3. The summed E-state index contributed by atoms with van der Waals surface area (Å²) in [5, 5.41) is 5.74. The fourth-order valence-electron chi connectivity index (χ4n) is 3.02. The molecule has 4 rings (SSSR count). The van der Waals surface area contributed by atoms with E-state index in [1.54, 1.807) is 35.9 Å². The van der Waals surface area contributed by atoms with Gasteiger partial charge in [0.2, 0.25) is 11.7 Å². The second-order valence-corrected chi connectivity index (χ2v) is 7.26. The number of rotatable bonds is 4. The van der Waals surface area contributed by atoms with Gasteiger partial charge in [0, 0.05) is 46.8 Å². The number of thioether (sulfide) groups is 1. The third-order valence-corrected chi connectivity index (χ3v) is 5.22. The Morgan fingerprint density at radius 3 is 2.53 bits per heavy atom. The molecule has 0 aliphatic carbocycles. The highest BCUT2D eigenvalue weighted by molar-refractivity contribution is 7.98. The monoisotopic (exact) mass is 443 g/mol. The summed E-state index contributed by atoms with van der Waals surface area (Å²) >= 11 is 7.95. The molecule has 0 aliphatic rings. The first-order valence-corrected chi connectivity index (χ1v) is 11.2. The molecule has 0 saturated carbocycles. The number of pyridine rings is 1. The summed E-state index contributed by atoms with van der Waals surface area (Å²) in [7, 11) is 0. The Kier molecular flexibility index (Phi) is 6.89. The van der Waals surface area contributed by atoms with Gasteiger partial charge in [0.1, 0.15) is 5.65 Å². The first-order valence-electron chi connectivity index (χ1n) is 9.57. The zero-order valence-electron chi connectivity index (χ0n) is 17.4. The lowest BCUT2D eigenvalue weighted by molar-refractivity contribution is 0.394. The first-order chi connectivity index (χ1) is 14.5. The smallest absolute Gasteiger partial charge is 0.260 e. The summed E-state index contributed by atoms with van der Waals surface area (Å²) in [6.45, 7) is 8.12. The largest absolute Gasteiger partial charge is 0.339 e. The van der Waals surface area contributed by atoms with Gasteiger partial charge in [0.05, 0.1) is 0 Å². The van der Waals surface area contributed by atoms with Gasteiger partial charge < -0.3 is 4.52 Å². The van der Waals surface area contributed by atoms with Crippen LogP contribution in [0, 0.1) is 6.92 Å². The van der Waals surface area contributed by atoms with E-state index in [0.717, 1.165) is 10.9 Å². The maximum atomic E-state index is 13.1. The van der Waals surface area contributed by atoms with Crippen LogP contribution in [0.3, 0.4) is 0 Å². The van der Waals surface area contributed by atoms with Crippen LogP contribution in [0.4, 0.5) is 0 Å². The fraction of sp³-hybridized carbons (Fsp3) is 0.286. The molecule has 0 bridgehead atoms. The van der Waals surface area contributed by atoms with Crippen molar-refractivity contribution in [3.63, 3.8) is 0 Å². The van der Waals surface area contributed by atoms with Crippen molar-refractivity contribution in [3.8, 4) is 22.5 Å². The molecule has 0 radical (unpaired) electrons. The molecule has 0 fully saturated rings. The lowest BCUT2D eigenvalue weighted by atomic mass is 10.0. The number of benzene rings is 1. The molecule has 0 N–H and O–H groups in total. The van der Waals surface area contributed by atoms with Gasteiger partial charge in [-0.25, -0.2) is 9.97 Å². The van der Waals surface area contributed by atoms with E-state index in [1.807, 2.05) is 33.1 Å². The predicted molar refractivity (Wildman–Crippen MR) is 121 cm³/mol. The van der Waals surface area contributed by atoms with E-state index in [2.05, 4.69) is 20.1 Å². The summed E-state index contributed by atoms with van der Waals surface area (Å²) in [6, 6.07) is 7.13. The molecule has 3 heterocycles. The molecule has 0 unspecified atom stereocenters. The molecule has 0 atom stereocenters. The lowest BCUT2D eigenvalue weighted by Gasteiger charge is -2.12. The van der Waals surface area contributed by atoms with Crippen LogP contribution < -0.4 is 5.56 Å². The number of halogens is 1. The highest BCUT2D eigenvalue weighted by Gasteiger charge is 2.16. The normalized spacial score (nSPS) is 10.7. The molecule has 0 saturated heterocycles. The van der Waals surface area contributed by atoms with Crippen molar-refractivity contribution in [2.75, 3.05) is 6.26 Å². The Morgan fingerprint density at radius 2 is 1.93 bits per heavy atom. The Hall–Kier alpha value is -2.71. The Morgan fingerprint density at radius 1 is 1.17 bits per heavy atom. The quantitative estimate of drug-likeness (QED) is 0.315. The van der Waals surface area contributed by atoms with Crippen LogP contribution in [0.2, 0.25) is 5.02 Å². The molecular formula is C21H22ClN5O2S. The van der Waals surface area contributed by atoms with E-state index in [1.165, 1.54) is 11.8 Å². The maximum Gasteiger partial charge on any atom is 0.260 e. The number of nitrogens with zero attached hydrogens (tertiary/aromatic N) is 5. The average molecular weight is 444 g/mol. The zero-order valence-corrected chi connectivity index (χ0v) is 19.0. The summed E-state index contributed by atoms with van der Waals surface area (Å²) in [5.74, 6) is 0.925. The second-order valence-electron chi connectivity index (χ2n) is 6.07. The van der Waals surface area contributed by atoms with Gasteiger partial charge in [0.15, 0.2) is 5.16 Å². The maximum absolute atomic E-state index is 13.1. The molecule has 156 valence electrons. The third-order valence-electron chi connectivity index (χ3n) is 4.35. The Balaban J connectivity index is 0.00000124. The number of hydrogen-bond donors (Lipinski definition) is 0. The topological polar surface area (TPSA) is 86.7 Å². The van der Waals surface area contributed by atoms with Crippen LogP contribution in [0.25, 0.3) is 33.5 Å². The molecule has 3 aromatic heterocycles. The number of hydrogen-bond acceptors (Lipinski definition) is 7. The minimum Gasteiger partial charge on any atom is -0.339 e. The summed E-state index contributed by atoms with van der Waals surface area (Å²) in [6.07, 6.45) is 3.63. The Labute approximate surface area is 183 Å². The van der Waals surface area contributed by atoms with Crippen molar-refractivity contribution in [1.29, 1.82) is 0 Å². The van der Waals surface area contributed by atoms with E-state index in [4.69, 9.17) is 16.1 Å². The molecule has 0 aliphatic heterocycles. The highest BCUT2D eigenvalue weighted by atomic mass is 35.5. The van der Waals surface area contributed by atoms with Crippen LogP contribution in [-0.4, -0.2) is 30.9 Å². The third kappa shape index (κ3) is 4.11. The van der Waals surface area contributed by atoms with Gasteiger partial charge in [-0.05, 0) is 25.3 Å². The van der Waals surface area contributed by atoms with Crippen molar-refractivity contribution >= 4 is 34.4 Å². The predicted octanol–water partition coefficient (Wildman–Crippen LogP) is 5.24. The zero-order chi connectivity index (χ0) is 21.8. The van der Waals surface area contributed by atoms with Gasteiger partial charge in [-0.15, -0.1) is 0 Å². The van der Waals surface area contributed by atoms with Gasteiger partial charge in [-0.1, -0.05) is 54.5 Å². The number of aryl methyl sites for hydroxylation is 2. The van der Waals surface area contributed by atoms with E-state index in [9.17, 15) is 4.79 Å². The first kappa shape index (κ1) is 22.0. The van der Waals surface area contributed by atoms with Gasteiger partial charge >= 0.3 is 0 Å². The number of aromatic nitrogens is 5. The SMILES string of the molecule is CC.CCn1c(=O)c(-c2ccc(-c3noc(C)n3)cc2Cl)cc2cnc(SC)nc21. The molecule has 1 aromatic carbocycles. The molecule has 7 nitrogen and oxygen atoms in total. The van der Waals surface area contributed by atoms with Crippen molar-refractivity contribution in [2.45, 2.75) is 39.4 Å². The van der Waals surface area contributed by atoms with Crippen LogP contribution in [0.15, 0.2) is 44.9 Å². The molecule has 9 heteroatoms. The van der Waals surface area contributed by atoms with Crippen molar-refractivity contribution in [1.82, 2.24) is 24.7 Å². The summed E-state index contributed by atoms with van der Waals surface area (Å²) < 4.78 is 6.65. The highest BCUT2D eigenvalue weighted by Crippen LogP contribution is 2.31. The van der Waals surface area contributed by atoms with E-state index in [-0.39, 0.29) is 5.56 Å². The van der Waals surface area contributed by atoms with E-state index >= 15 is 0 Å². The van der Waals surface area contributed by atoms with Crippen molar-refractivity contribution < 1.29 is 4.52 Å². The number of fused-ring (bicyclic) bond motifs is 1. The minimum absolute atomic E-state index is 0.147. The van der Waals surface area contributed by atoms with Crippen LogP contribution in [0.5, 0.6) is 0 Å². The average Bonchev–Trinajstić information content (AvgIpc) is 3.21. The lowest BCUT2D eigenvalue weighted by Crippen LogP contribution is -2.22. The van der Waals surface area contributed by atoms with Crippen molar-refractivity contribution in [3.05, 3.63) is 51.7 Å². The molecular weight excluding hydrogens is 422 g/mol. The summed E-state index contributed by atoms with van der Waals surface area (Å²) in [4.78, 5) is 26.1. The van der Waals surface area contributed by atoms with Crippen LogP contribution in [-0.2, 0) is 6.54 Å². The second kappa shape index (κ2) is 9.40. The minimum atomic E-state index is -0.147. The van der Waals surface area contributed by atoms with E-state index in [0.29, 0.717) is 45.2 Å². The Bertz CT molecular complexity index is 1250. The molecule has 30 heavy (non-hydrogen) atoms. The van der Waals surface area contributed by atoms with Crippen LogP contribution >= 0.6 is 23.4 Å². The molecule has 4 aromatic rings. The fourth-order valence-corrected chi connectivity index (χ4v) is 3.64. The van der Waals surface area contributed by atoms with Crippen LogP contribution in [0.1, 0.15) is 26.7 Å². The molecule has 0 spiro atoms. The molecule has 0 amide bonds. The summed E-state index contributed by atoms with van der Waals surface area (Å²) in [5.41, 5.74) is 2.32. The van der Waals surface area contributed by atoms with Gasteiger partial charge in [-0.2, -0.15) is 4.98 Å². The van der Waals surface area contributed by atoms with Gasteiger partial charge in [-0.3, -0.25) is 9.36 Å².